The van der Waals surface area contributed by atoms with E-state index in [2.05, 4.69) is 5.32 Å². The lowest BCUT2D eigenvalue weighted by atomic mass is 10.2. The highest BCUT2D eigenvalue weighted by Crippen LogP contribution is 2.29. The third-order valence-electron chi connectivity index (χ3n) is 3.89. The number of anilines is 1. The summed E-state index contributed by atoms with van der Waals surface area (Å²) in [5.41, 5.74) is -0.0133. The highest BCUT2D eigenvalue weighted by atomic mass is 16.6. The number of carbonyl (C=O) groups excluding carboxylic acids is 2. The number of benzene rings is 2. The van der Waals surface area contributed by atoms with Gasteiger partial charge in [-0.25, -0.2) is 4.79 Å². The van der Waals surface area contributed by atoms with Gasteiger partial charge in [-0.3, -0.25) is 14.9 Å². The monoisotopic (exact) mass is 404 g/mol. The molecular weight excluding hydrogens is 384 g/mol. The number of hydrogen-bond donors (Lipinski definition) is 1. The Morgan fingerprint density at radius 1 is 1.00 bits per heavy atom. The second-order valence-electron chi connectivity index (χ2n) is 5.78. The van der Waals surface area contributed by atoms with Crippen LogP contribution in [0.4, 0.5) is 11.4 Å². The van der Waals surface area contributed by atoms with E-state index in [1.807, 2.05) is 0 Å². The van der Waals surface area contributed by atoms with Crippen molar-refractivity contribution in [2.24, 2.45) is 0 Å². The summed E-state index contributed by atoms with van der Waals surface area (Å²) >= 11 is 0. The van der Waals surface area contributed by atoms with Gasteiger partial charge in [0.2, 0.25) is 0 Å². The maximum absolute atomic E-state index is 12.4. The number of rotatable bonds is 8. The van der Waals surface area contributed by atoms with Gasteiger partial charge in [-0.15, -0.1) is 0 Å². The van der Waals surface area contributed by atoms with Crippen molar-refractivity contribution in [1.82, 2.24) is 0 Å². The number of nitro groups is 1. The van der Waals surface area contributed by atoms with Gasteiger partial charge in [0.25, 0.3) is 11.6 Å². The first-order valence-corrected chi connectivity index (χ1v) is 8.36. The molecule has 2 aromatic rings. The molecule has 0 saturated heterocycles. The van der Waals surface area contributed by atoms with Crippen LogP contribution in [-0.2, 0) is 9.53 Å². The van der Waals surface area contributed by atoms with Crippen molar-refractivity contribution in [2.75, 3.05) is 26.6 Å². The van der Waals surface area contributed by atoms with Gasteiger partial charge in [-0.05, 0) is 25.1 Å². The summed E-state index contributed by atoms with van der Waals surface area (Å²) in [5, 5.41) is 13.4. The predicted octanol–water partition coefficient (Wildman–Crippen LogP) is 2.80. The number of non-ortho nitro benzene ring substituents is 1. The van der Waals surface area contributed by atoms with E-state index in [0.717, 1.165) is 6.07 Å². The molecule has 10 heteroatoms. The van der Waals surface area contributed by atoms with E-state index in [0.29, 0.717) is 11.5 Å². The minimum absolute atomic E-state index is 0.0812. The number of nitrogens with zero attached hydrogens (tertiary/aromatic N) is 1. The van der Waals surface area contributed by atoms with Crippen molar-refractivity contribution in [3.63, 3.8) is 0 Å². The normalized spacial score (nSPS) is 11.2. The topological polar surface area (TPSA) is 126 Å². The van der Waals surface area contributed by atoms with Crippen LogP contribution in [-0.4, -0.2) is 44.2 Å². The summed E-state index contributed by atoms with van der Waals surface area (Å²) in [7, 11) is 4.23. The van der Waals surface area contributed by atoms with Crippen molar-refractivity contribution in [1.29, 1.82) is 0 Å². The third-order valence-corrected chi connectivity index (χ3v) is 3.89. The van der Waals surface area contributed by atoms with Crippen LogP contribution in [0.5, 0.6) is 17.2 Å². The second kappa shape index (κ2) is 9.40. The predicted molar refractivity (Wildman–Crippen MR) is 103 cm³/mol. The van der Waals surface area contributed by atoms with Crippen LogP contribution in [0.1, 0.15) is 17.3 Å². The van der Waals surface area contributed by atoms with E-state index in [1.165, 1.54) is 52.5 Å². The van der Waals surface area contributed by atoms with Gasteiger partial charge in [0.05, 0.1) is 37.5 Å². The Morgan fingerprint density at radius 3 is 2.14 bits per heavy atom. The molecule has 0 saturated carbocycles. The van der Waals surface area contributed by atoms with Crippen molar-refractivity contribution < 1.29 is 33.5 Å². The zero-order valence-electron chi connectivity index (χ0n) is 16.3. The summed E-state index contributed by atoms with van der Waals surface area (Å²) in [4.78, 5) is 35.1. The fraction of sp³-hybridized carbons (Fsp3) is 0.263. The lowest BCUT2D eigenvalue weighted by molar-refractivity contribution is -0.384. The number of nitro benzene ring substituents is 1. The molecule has 0 fully saturated rings. The minimum atomic E-state index is -1.19. The molecule has 0 bridgehead atoms. The zero-order chi connectivity index (χ0) is 21.6. The van der Waals surface area contributed by atoms with Gasteiger partial charge < -0.3 is 24.3 Å². The Hall–Kier alpha value is -3.82. The van der Waals surface area contributed by atoms with Crippen LogP contribution in [0.15, 0.2) is 36.4 Å². The second-order valence-corrected chi connectivity index (χ2v) is 5.78. The Kier molecular flexibility index (Phi) is 6.96. The van der Waals surface area contributed by atoms with Crippen LogP contribution < -0.4 is 19.5 Å². The van der Waals surface area contributed by atoms with Gasteiger partial charge in [-0.1, -0.05) is 0 Å². The molecule has 1 N–H and O–H groups in total. The zero-order valence-corrected chi connectivity index (χ0v) is 16.3. The highest BCUT2D eigenvalue weighted by Gasteiger charge is 2.22. The Bertz CT molecular complexity index is 906. The number of nitrogens with one attached hydrogen (secondary N) is 1. The molecule has 154 valence electrons. The fourth-order valence-electron chi connectivity index (χ4n) is 2.35. The molecule has 0 aliphatic rings. The Labute approximate surface area is 166 Å². The molecule has 0 radical (unpaired) electrons. The first kappa shape index (κ1) is 21.5. The molecule has 0 aliphatic heterocycles. The molecule has 2 rings (SSSR count). The molecule has 1 unspecified atom stereocenters. The number of esters is 1. The van der Waals surface area contributed by atoms with E-state index in [9.17, 15) is 19.7 Å². The summed E-state index contributed by atoms with van der Waals surface area (Å²) in [6.07, 6.45) is -1.19. The van der Waals surface area contributed by atoms with Crippen LogP contribution in [0.3, 0.4) is 0 Å². The third kappa shape index (κ3) is 5.34. The molecule has 0 aliphatic carbocycles. The van der Waals surface area contributed by atoms with E-state index >= 15 is 0 Å². The summed E-state index contributed by atoms with van der Waals surface area (Å²) in [6, 6.07) is 8.22. The SMILES string of the molecule is COc1cc(OC)cc(C(=O)OC(C)C(=O)Nc2cc([N+](=O)[O-])ccc2OC)c1. The number of amides is 1. The van der Waals surface area contributed by atoms with E-state index in [1.54, 1.807) is 6.07 Å². The molecule has 2 aromatic carbocycles. The quantitative estimate of drug-likeness (QED) is 0.404. The van der Waals surface area contributed by atoms with E-state index < -0.39 is 22.9 Å². The lowest BCUT2D eigenvalue weighted by Gasteiger charge is -2.15. The van der Waals surface area contributed by atoms with Gasteiger partial charge in [0, 0.05) is 18.2 Å². The van der Waals surface area contributed by atoms with Gasteiger partial charge in [0.1, 0.15) is 17.2 Å². The van der Waals surface area contributed by atoms with Gasteiger partial charge >= 0.3 is 5.97 Å². The highest BCUT2D eigenvalue weighted by molar-refractivity contribution is 5.98. The molecule has 0 heterocycles. The summed E-state index contributed by atoms with van der Waals surface area (Å²) in [5.74, 6) is -0.465. The first-order chi connectivity index (χ1) is 13.8. The van der Waals surface area contributed by atoms with Crippen LogP contribution >= 0.6 is 0 Å². The standard InChI is InChI=1S/C19H20N2O8/c1-11(29-19(23)12-7-14(26-2)10-15(8-12)27-3)18(22)20-16-9-13(21(24)25)5-6-17(16)28-4/h5-11H,1-4H3,(H,20,22). The van der Waals surface area contributed by atoms with E-state index in [4.69, 9.17) is 18.9 Å². The number of methoxy groups -OCH3 is 3. The number of ether oxygens (including phenoxy) is 4. The van der Waals surface area contributed by atoms with Crippen LogP contribution in [0.2, 0.25) is 0 Å². The molecule has 1 atom stereocenters. The Balaban J connectivity index is 2.14. The van der Waals surface area contributed by atoms with Gasteiger partial charge in [0.15, 0.2) is 6.10 Å². The average Bonchev–Trinajstić information content (AvgIpc) is 2.72. The van der Waals surface area contributed by atoms with Crippen LogP contribution in [0.25, 0.3) is 0 Å². The molecule has 0 aromatic heterocycles. The summed E-state index contributed by atoms with van der Waals surface area (Å²) < 4.78 is 20.5. The molecular formula is C19H20N2O8. The first-order valence-electron chi connectivity index (χ1n) is 8.36. The molecule has 29 heavy (non-hydrogen) atoms. The van der Waals surface area contributed by atoms with Gasteiger partial charge in [-0.2, -0.15) is 0 Å². The number of hydrogen-bond acceptors (Lipinski definition) is 8. The largest absolute Gasteiger partial charge is 0.497 e. The van der Waals surface area contributed by atoms with Crippen molar-refractivity contribution in [2.45, 2.75) is 13.0 Å². The molecule has 0 spiro atoms. The van der Waals surface area contributed by atoms with Crippen LogP contribution in [0, 0.1) is 10.1 Å². The van der Waals surface area contributed by atoms with E-state index in [-0.39, 0.29) is 22.7 Å². The maximum Gasteiger partial charge on any atom is 0.339 e. The van der Waals surface area contributed by atoms with Crippen molar-refractivity contribution in [3.05, 3.63) is 52.1 Å². The maximum atomic E-state index is 12.4. The lowest BCUT2D eigenvalue weighted by Crippen LogP contribution is -2.30. The fourth-order valence-corrected chi connectivity index (χ4v) is 2.35. The molecule has 10 nitrogen and oxygen atoms in total. The van der Waals surface area contributed by atoms with Crippen molar-refractivity contribution >= 4 is 23.3 Å². The molecule has 1 amide bonds. The summed E-state index contributed by atoms with van der Waals surface area (Å²) in [6.45, 7) is 1.37. The Morgan fingerprint density at radius 2 is 1.62 bits per heavy atom. The number of carbonyl (C=O) groups is 2. The smallest absolute Gasteiger partial charge is 0.339 e. The minimum Gasteiger partial charge on any atom is -0.497 e. The average molecular weight is 404 g/mol. The van der Waals surface area contributed by atoms with Crippen molar-refractivity contribution in [3.8, 4) is 17.2 Å².